The number of benzene rings is 3. The third kappa shape index (κ3) is 8.16. The van der Waals surface area contributed by atoms with Crippen molar-refractivity contribution in [1.29, 1.82) is 5.26 Å². The molecular weight excluding hydrogens is 711 g/mol. The molecule has 2 fully saturated rings. The van der Waals surface area contributed by atoms with Crippen LogP contribution in [0.5, 0.6) is 5.75 Å². The smallest absolute Gasteiger partial charge is 0.229 e. The third-order valence-corrected chi connectivity index (χ3v) is 11.9. The predicted octanol–water partition coefficient (Wildman–Crippen LogP) is 7.30. The molecule has 1 aromatic heterocycles. The molecule has 12 heteroatoms. The number of nitrogens with one attached hydrogen (secondary N) is 2. The van der Waals surface area contributed by atoms with E-state index in [2.05, 4.69) is 78.4 Å². The number of rotatable bonds is 10. The van der Waals surface area contributed by atoms with Gasteiger partial charge in [-0.2, -0.15) is 10.2 Å². The SMILES string of the molecule is CCc1cc(Nc2ncc(Br)c(Nc3ccc(-c4cccc(C#N)c4)cc3P(C)(C)=O)n2)c(OC)cc1N1CCC(N2CCN(C)CC2)CC1. The van der Waals surface area contributed by atoms with Gasteiger partial charge in [-0.1, -0.05) is 25.1 Å². The zero-order valence-electron chi connectivity index (χ0n) is 29.5. The lowest BCUT2D eigenvalue weighted by Crippen LogP contribution is -2.52. The minimum atomic E-state index is -2.72. The van der Waals surface area contributed by atoms with E-state index in [4.69, 9.17) is 9.72 Å². The van der Waals surface area contributed by atoms with Gasteiger partial charge in [0.25, 0.3) is 0 Å². The van der Waals surface area contributed by atoms with Gasteiger partial charge < -0.3 is 29.7 Å². The second kappa shape index (κ2) is 15.5. The maximum Gasteiger partial charge on any atom is 0.229 e. The summed E-state index contributed by atoms with van der Waals surface area (Å²) >= 11 is 3.60. The number of halogens is 1. The third-order valence-electron chi connectivity index (χ3n) is 9.79. The molecule has 10 nitrogen and oxygen atoms in total. The number of hydrogen-bond donors (Lipinski definition) is 2. The summed E-state index contributed by atoms with van der Waals surface area (Å²) in [4.78, 5) is 17.0. The molecule has 0 radical (unpaired) electrons. The first kappa shape index (κ1) is 35.9. The Morgan fingerprint density at radius 1 is 0.980 bits per heavy atom. The van der Waals surface area contributed by atoms with Crippen molar-refractivity contribution in [2.45, 2.75) is 32.2 Å². The fourth-order valence-corrected chi connectivity index (χ4v) is 8.36. The normalized spacial score (nSPS) is 16.2. The van der Waals surface area contributed by atoms with Gasteiger partial charge in [0, 0.05) is 68.6 Å². The van der Waals surface area contributed by atoms with E-state index in [1.165, 1.54) is 24.1 Å². The monoisotopic (exact) mass is 756 g/mol. The van der Waals surface area contributed by atoms with Gasteiger partial charge in [-0.05, 0) is 103 Å². The summed E-state index contributed by atoms with van der Waals surface area (Å²) in [6.45, 7) is 12.4. The van der Waals surface area contributed by atoms with Crippen LogP contribution in [-0.2, 0) is 11.0 Å². The van der Waals surface area contributed by atoms with E-state index in [9.17, 15) is 9.83 Å². The molecule has 3 aromatic carbocycles. The average molecular weight is 758 g/mol. The van der Waals surface area contributed by atoms with Crippen LogP contribution in [0.15, 0.2) is 65.3 Å². The number of nitrogens with zero attached hydrogens (tertiary/aromatic N) is 6. The second-order valence-corrected chi connectivity index (χ2v) is 17.5. The molecule has 0 spiro atoms. The number of methoxy groups -OCH3 is 1. The maximum atomic E-state index is 13.5. The van der Waals surface area contributed by atoms with E-state index in [0.29, 0.717) is 38.8 Å². The van der Waals surface area contributed by atoms with Crippen LogP contribution in [0, 0.1) is 11.3 Å². The van der Waals surface area contributed by atoms with Crippen molar-refractivity contribution in [3.63, 3.8) is 0 Å². The van der Waals surface area contributed by atoms with E-state index < -0.39 is 7.14 Å². The molecule has 4 aromatic rings. The fraction of sp³-hybridized carbons (Fsp3) is 0.395. The molecule has 0 unspecified atom stereocenters. The minimum absolute atomic E-state index is 0.402. The van der Waals surface area contributed by atoms with E-state index in [0.717, 1.165) is 68.3 Å². The Morgan fingerprint density at radius 3 is 2.40 bits per heavy atom. The van der Waals surface area contributed by atoms with Crippen molar-refractivity contribution in [2.24, 2.45) is 0 Å². The van der Waals surface area contributed by atoms with E-state index >= 15 is 0 Å². The molecule has 3 heterocycles. The van der Waals surface area contributed by atoms with Crippen LogP contribution in [0.1, 0.15) is 30.9 Å². The minimum Gasteiger partial charge on any atom is -0.494 e. The van der Waals surface area contributed by atoms with Crippen LogP contribution in [-0.4, -0.2) is 92.6 Å². The highest BCUT2D eigenvalue weighted by Gasteiger charge is 2.28. The first-order valence-electron chi connectivity index (χ1n) is 17.2. The molecule has 0 bridgehead atoms. The van der Waals surface area contributed by atoms with Gasteiger partial charge in [0.1, 0.15) is 18.7 Å². The molecule has 2 saturated heterocycles. The number of anilines is 5. The standard InChI is InChI=1S/C38H46BrN8O2P/c1-6-27-21-33(35(49-3)23-34(27)47-14-12-30(13-15-47)46-18-16-45(2)17-19-46)43-38-41-25-31(39)37(44-38)42-32-11-10-29(22-36(32)50(4,5)48)28-9-7-8-26(20-28)24-40/h7-11,20-23,25,30H,6,12-19H2,1-5H3,(H2,41,42,43,44). The molecule has 6 rings (SSSR count). The summed E-state index contributed by atoms with van der Waals surface area (Å²) in [5.74, 6) is 1.67. The van der Waals surface area contributed by atoms with Crippen LogP contribution in [0.3, 0.4) is 0 Å². The van der Waals surface area contributed by atoms with Gasteiger partial charge in [0.05, 0.1) is 34.6 Å². The zero-order chi connectivity index (χ0) is 35.4. The number of hydrogen-bond acceptors (Lipinski definition) is 10. The first-order chi connectivity index (χ1) is 24.1. The van der Waals surface area contributed by atoms with Crippen LogP contribution in [0.4, 0.5) is 28.8 Å². The number of likely N-dealkylation sites (N-methyl/N-ethyl adjacent to an activating group) is 1. The van der Waals surface area contributed by atoms with Crippen molar-refractivity contribution >= 4 is 57.2 Å². The fourth-order valence-electron chi connectivity index (χ4n) is 6.91. The number of piperidine rings is 1. The number of aryl methyl sites for hydroxylation is 1. The van der Waals surface area contributed by atoms with E-state index in [1.54, 1.807) is 32.7 Å². The van der Waals surface area contributed by atoms with Gasteiger partial charge in [-0.25, -0.2) is 4.98 Å². The Morgan fingerprint density at radius 2 is 1.72 bits per heavy atom. The molecule has 0 saturated carbocycles. The summed E-state index contributed by atoms with van der Waals surface area (Å²) in [7, 11) is 1.19. The molecule has 2 N–H and O–H groups in total. The number of nitriles is 1. The quantitative estimate of drug-likeness (QED) is 0.160. The van der Waals surface area contributed by atoms with Crippen molar-refractivity contribution in [1.82, 2.24) is 19.8 Å². The lowest BCUT2D eigenvalue weighted by Gasteiger charge is -2.43. The highest BCUT2D eigenvalue weighted by molar-refractivity contribution is 9.10. The van der Waals surface area contributed by atoms with Gasteiger partial charge >= 0.3 is 0 Å². The molecule has 2 aliphatic heterocycles. The molecule has 262 valence electrons. The van der Waals surface area contributed by atoms with Gasteiger partial charge in [-0.3, -0.25) is 4.90 Å². The van der Waals surface area contributed by atoms with Crippen molar-refractivity contribution in [3.8, 4) is 22.9 Å². The molecule has 50 heavy (non-hydrogen) atoms. The van der Waals surface area contributed by atoms with Crippen molar-refractivity contribution in [2.75, 3.05) is 82.3 Å². The molecular formula is C38H46BrN8O2P. The largest absolute Gasteiger partial charge is 0.494 e. The highest BCUT2D eigenvalue weighted by atomic mass is 79.9. The molecule has 0 amide bonds. The Balaban J connectivity index is 1.22. The summed E-state index contributed by atoms with van der Waals surface area (Å²) in [5.41, 5.74) is 6.31. The van der Waals surface area contributed by atoms with Crippen LogP contribution in [0.2, 0.25) is 0 Å². The summed E-state index contributed by atoms with van der Waals surface area (Å²) < 4.78 is 20.1. The number of piperazine rings is 1. The van der Waals surface area contributed by atoms with Gasteiger partial charge in [0.15, 0.2) is 0 Å². The van der Waals surface area contributed by atoms with E-state index in [1.807, 2.05) is 36.4 Å². The molecule has 2 aliphatic rings. The summed E-state index contributed by atoms with van der Waals surface area (Å²) in [6.07, 6.45) is 4.92. The van der Waals surface area contributed by atoms with Crippen LogP contribution in [0.25, 0.3) is 11.1 Å². The average Bonchev–Trinajstić information content (AvgIpc) is 3.13. The predicted molar refractivity (Wildman–Crippen MR) is 209 cm³/mol. The van der Waals surface area contributed by atoms with E-state index in [-0.39, 0.29) is 0 Å². The highest BCUT2D eigenvalue weighted by Crippen LogP contribution is 2.41. The van der Waals surface area contributed by atoms with Crippen molar-refractivity contribution < 1.29 is 9.30 Å². The maximum absolute atomic E-state index is 13.5. The van der Waals surface area contributed by atoms with Gasteiger partial charge in [-0.15, -0.1) is 0 Å². The van der Waals surface area contributed by atoms with Crippen molar-refractivity contribution in [3.05, 3.63) is 76.4 Å². The number of aromatic nitrogens is 2. The first-order valence-corrected chi connectivity index (χ1v) is 20.6. The summed E-state index contributed by atoms with van der Waals surface area (Å²) in [6, 6.07) is 20.4. The zero-order valence-corrected chi connectivity index (χ0v) is 32.0. The van der Waals surface area contributed by atoms with Crippen LogP contribution < -0.4 is 25.6 Å². The lowest BCUT2D eigenvalue weighted by molar-refractivity contribution is 0.0982. The topological polar surface area (TPSA) is 110 Å². The molecule has 0 atom stereocenters. The van der Waals surface area contributed by atoms with Crippen LogP contribution >= 0.6 is 23.1 Å². The lowest BCUT2D eigenvalue weighted by atomic mass is 9.99. The Labute approximate surface area is 304 Å². The van der Waals surface area contributed by atoms with Gasteiger partial charge in [0.2, 0.25) is 5.95 Å². The Bertz CT molecular complexity index is 1930. The second-order valence-electron chi connectivity index (χ2n) is 13.5. The number of ether oxygens (including phenoxy) is 1. The molecule has 0 aliphatic carbocycles. The summed E-state index contributed by atoms with van der Waals surface area (Å²) in [5, 5.41) is 16.9. The Kier molecular flexibility index (Phi) is 11.1. The Hall–Kier alpha value is -3.94.